The number of halogens is 8. The third kappa shape index (κ3) is 5.04. The molecule has 3 aromatic rings. The largest absolute Gasteiger partial charge is 0.459 e. The van der Waals surface area contributed by atoms with Crippen LogP contribution in [0.2, 0.25) is 0 Å². The Morgan fingerprint density at radius 3 is 2.03 bits per heavy atom. The highest BCUT2D eigenvalue weighted by atomic mass is 32.2. The molecule has 0 bridgehead atoms. The highest BCUT2D eigenvalue weighted by Gasteiger charge is 2.63. The van der Waals surface area contributed by atoms with E-state index in [-0.39, 0.29) is 16.0 Å². The van der Waals surface area contributed by atoms with Crippen molar-refractivity contribution in [3.8, 4) is 11.1 Å². The molecular formula is C24H16F8N2O2S. The lowest BCUT2D eigenvalue weighted by Gasteiger charge is -2.25. The van der Waals surface area contributed by atoms with Crippen molar-refractivity contribution in [1.82, 2.24) is 0 Å². The Kier molecular flexibility index (Phi) is 6.55. The van der Waals surface area contributed by atoms with E-state index in [1.165, 1.54) is 30.3 Å². The van der Waals surface area contributed by atoms with Crippen molar-refractivity contribution < 1.29 is 43.5 Å². The zero-order valence-corrected chi connectivity index (χ0v) is 19.5. The van der Waals surface area contributed by atoms with Crippen molar-refractivity contribution in [2.24, 2.45) is 5.10 Å². The van der Waals surface area contributed by atoms with Crippen molar-refractivity contribution in [2.75, 3.05) is 11.3 Å². The number of alkyl halides is 5. The second-order valence-electron chi connectivity index (χ2n) is 8.31. The van der Waals surface area contributed by atoms with Crippen LogP contribution in [0.3, 0.4) is 0 Å². The fourth-order valence-electron chi connectivity index (χ4n) is 3.87. The Bertz CT molecular complexity index is 1490. The van der Waals surface area contributed by atoms with Crippen LogP contribution in [0.5, 0.6) is 0 Å². The monoisotopic (exact) mass is 548 g/mol. The van der Waals surface area contributed by atoms with E-state index < -0.39 is 63.2 Å². The predicted molar refractivity (Wildman–Crippen MR) is 120 cm³/mol. The van der Waals surface area contributed by atoms with Crippen LogP contribution in [0, 0.1) is 17.5 Å². The predicted octanol–water partition coefficient (Wildman–Crippen LogP) is 6.68. The summed E-state index contributed by atoms with van der Waals surface area (Å²) in [5.74, 6) is -8.74. The lowest BCUT2D eigenvalue weighted by Crippen LogP contribution is -2.43. The minimum Gasteiger partial charge on any atom is -0.254 e. The summed E-state index contributed by atoms with van der Waals surface area (Å²) in [6.07, 6.45) is -6.14. The first kappa shape index (κ1) is 26.6. The van der Waals surface area contributed by atoms with Gasteiger partial charge in [0.25, 0.3) is 0 Å². The van der Waals surface area contributed by atoms with Crippen molar-refractivity contribution in [3.63, 3.8) is 0 Å². The maximum Gasteiger partial charge on any atom is 0.459 e. The number of rotatable bonds is 5. The van der Waals surface area contributed by atoms with Crippen molar-refractivity contribution in [2.45, 2.75) is 29.5 Å². The summed E-state index contributed by atoms with van der Waals surface area (Å²) in [5.41, 5.74) is -2.04. The molecule has 0 saturated carbocycles. The molecule has 4 rings (SSSR count). The topological polar surface area (TPSA) is 49.7 Å². The third-order valence-corrected chi connectivity index (χ3v) is 6.88. The molecule has 0 aliphatic carbocycles. The molecule has 0 saturated heterocycles. The van der Waals surface area contributed by atoms with E-state index in [1.54, 1.807) is 0 Å². The molecule has 3 aromatic carbocycles. The van der Waals surface area contributed by atoms with Gasteiger partial charge in [-0.1, -0.05) is 18.2 Å². The summed E-state index contributed by atoms with van der Waals surface area (Å²) in [4.78, 5) is -0.000220. The standard InChI is InChI=1S/C24H16F8N2O2S/c1-37(35,36)16-6-2-13(3-7-16)14-4-8-18(26)17(10-14)21-12-22(23(28,29)24(30,31)32)33-34(21)20-9-5-15(25)11-19(20)27/h2-11,21H,12H2,1H3. The van der Waals surface area contributed by atoms with Crippen molar-refractivity contribution in [3.05, 3.63) is 83.7 Å². The van der Waals surface area contributed by atoms with Gasteiger partial charge >= 0.3 is 12.1 Å². The second-order valence-corrected chi connectivity index (χ2v) is 10.3. The highest BCUT2D eigenvalue weighted by Crippen LogP contribution is 2.46. The SMILES string of the molecule is CS(=O)(=O)c1ccc(-c2ccc(F)c(C3CC(C(F)(F)C(F)(F)F)=NN3c3ccc(F)cc3F)c2)cc1. The van der Waals surface area contributed by atoms with Crippen LogP contribution in [-0.2, 0) is 9.84 Å². The third-order valence-electron chi connectivity index (χ3n) is 5.76. The van der Waals surface area contributed by atoms with Crippen LogP contribution in [0.15, 0.2) is 70.7 Å². The Labute approximate surface area is 205 Å². The average molecular weight is 548 g/mol. The van der Waals surface area contributed by atoms with Crippen LogP contribution >= 0.6 is 0 Å². The fraction of sp³-hybridized carbons (Fsp3) is 0.208. The van der Waals surface area contributed by atoms with E-state index in [0.717, 1.165) is 30.5 Å². The van der Waals surface area contributed by atoms with E-state index >= 15 is 0 Å². The molecule has 1 aliphatic heterocycles. The smallest absolute Gasteiger partial charge is 0.254 e. The van der Waals surface area contributed by atoms with Crippen LogP contribution in [0.4, 0.5) is 40.8 Å². The molecular weight excluding hydrogens is 532 g/mol. The molecule has 1 heterocycles. The first-order valence-electron chi connectivity index (χ1n) is 10.5. The van der Waals surface area contributed by atoms with Gasteiger partial charge in [0.05, 0.1) is 16.6 Å². The lowest BCUT2D eigenvalue weighted by atomic mass is 9.94. The van der Waals surface area contributed by atoms with Gasteiger partial charge in [0.15, 0.2) is 15.7 Å². The minimum atomic E-state index is -6.02. The van der Waals surface area contributed by atoms with Crippen LogP contribution in [0.1, 0.15) is 18.0 Å². The molecule has 196 valence electrons. The number of nitrogens with zero attached hydrogens (tertiary/aromatic N) is 2. The van der Waals surface area contributed by atoms with Crippen LogP contribution in [-0.4, -0.2) is 32.5 Å². The molecule has 0 amide bonds. The van der Waals surface area contributed by atoms with Crippen molar-refractivity contribution >= 4 is 21.2 Å². The summed E-state index contributed by atoms with van der Waals surface area (Å²) < 4.78 is 134. The summed E-state index contributed by atoms with van der Waals surface area (Å²) in [7, 11) is -3.51. The molecule has 13 heteroatoms. The molecule has 0 radical (unpaired) electrons. The summed E-state index contributed by atoms with van der Waals surface area (Å²) in [5, 5.41) is 3.78. The molecule has 0 N–H and O–H groups in total. The van der Waals surface area contributed by atoms with Gasteiger partial charge in [-0.3, -0.25) is 5.01 Å². The fourth-order valence-corrected chi connectivity index (χ4v) is 4.50. The Hall–Kier alpha value is -3.48. The van der Waals surface area contributed by atoms with Gasteiger partial charge in [0.1, 0.15) is 17.3 Å². The molecule has 1 aliphatic rings. The maximum absolute atomic E-state index is 14.9. The number of hydrazone groups is 1. The van der Waals surface area contributed by atoms with Gasteiger partial charge < -0.3 is 0 Å². The van der Waals surface area contributed by atoms with Gasteiger partial charge in [-0.05, 0) is 47.5 Å². The quantitative estimate of drug-likeness (QED) is 0.335. The van der Waals surface area contributed by atoms with Gasteiger partial charge in [0, 0.05) is 24.3 Å². The number of hydrogen-bond acceptors (Lipinski definition) is 4. The van der Waals surface area contributed by atoms with E-state index in [9.17, 15) is 43.5 Å². The van der Waals surface area contributed by atoms with E-state index in [4.69, 9.17) is 0 Å². The Morgan fingerprint density at radius 2 is 1.46 bits per heavy atom. The van der Waals surface area contributed by atoms with Gasteiger partial charge in [-0.25, -0.2) is 21.6 Å². The summed E-state index contributed by atoms with van der Waals surface area (Å²) in [6, 6.07) is 9.06. The maximum atomic E-state index is 14.9. The summed E-state index contributed by atoms with van der Waals surface area (Å²) in [6.45, 7) is 0. The molecule has 0 aromatic heterocycles. The number of anilines is 1. The molecule has 0 spiro atoms. The number of benzene rings is 3. The minimum absolute atomic E-state index is 0.000220. The molecule has 1 unspecified atom stereocenters. The van der Waals surface area contributed by atoms with Crippen molar-refractivity contribution in [1.29, 1.82) is 0 Å². The number of sulfone groups is 1. The van der Waals surface area contributed by atoms with Crippen LogP contribution in [0.25, 0.3) is 11.1 Å². The Morgan fingerprint density at radius 1 is 0.838 bits per heavy atom. The highest BCUT2D eigenvalue weighted by molar-refractivity contribution is 7.90. The van der Waals surface area contributed by atoms with Gasteiger partial charge in [0.2, 0.25) is 0 Å². The van der Waals surface area contributed by atoms with Crippen LogP contribution < -0.4 is 5.01 Å². The van der Waals surface area contributed by atoms with Gasteiger partial charge in [-0.2, -0.15) is 27.1 Å². The van der Waals surface area contributed by atoms with E-state index in [1.807, 2.05) is 0 Å². The zero-order chi connectivity index (χ0) is 27.3. The molecule has 37 heavy (non-hydrogen) atoms. The van der Waals surface area contributed by atoms with Gasteiger partial charge in [-0.15, -0.1) is 0 Å². The average Bonchev–Trinajstić information content (AvgIpc) is 3.24. The second kappa shape index (κ2) is 9.12. The Balaban J connectivity index is 1.82. The lowest BCUT2D eigenvalue weighted by molar-refractivity contribution is -0.249. The normalized spacial score (nSPS) is 16.7. The first-order chi connectivity index (χ1) is 17.1. The summed E-state index contributed by atoms with van der Waals surface area (Å²) >= 11 is 0. The van der Waals surface area contributed by atoms with E-state index in [2.05, 4.69) is 5.10 Å². The molecule has 0 fully saturated rings. The molecule has 1 atom stereocenters. The zero-order valence-electron chi connectivity index (χ0n) is 18.7. The molecule has 4 nitrogen and oxygen atoms in total. The number of hydrogen-bond donors (Lipinski definition) is 0. The van der Waals surface area contributed by atoms with E-state index in [0.29, 0.717) is 16.6 Å². The first-order valence-corrected chi connectivity index (χ1v) is 12.4.